The highest BCUT2D eigenvalue weighted by atomic mass is 16.4. The van der Waals surface area contributed by atoms with Crippen LogP contribution in [0, 0.1) is 0 Å². The lowest BCUT2D eigenvalue weighted by molar-refractivity contribution is 0.0903. The van der Waals surface area contributed by atoms with Gasteiger partial charge in [0.25, 0.3) is 5.91 Å². The standard InChI is InChI=1S/C13H21N3O2/c1-14-9-12-15-8-11(18-12)13(17)16-10-6-4-2-3-5-7-10/h8,10,14H,2-7,9H2,1H3,(H,16,17). The monoisotopic (exact) mass is 251 g/mol. The van der Waals surface area contributed by atoms with Crippen LogP contribution in [0.1, 0.15) is 55.0 Å². The van der Waals surface area contributed by atoms with Crippen molar-refractivity contribution in [3.63, 3.8) is 0 Å². The lowest BCUT2D eigenvalue weighted by atomic mass is 10.1. The Morgan fingerprint density at radius 1 is 1.39 bits per heavy atom. The Kier molecular flexibility index (Phi) is 4.75. The number of carbonyl (C=O) groups is 1. The van der Waals surface area contributed by atoms with Crippen LogP contribution in [0.3, 0.4) is 0 Å². The second-order valence-electron chi connectivity index (χ2n) is 4.81. The molecule has 0 aromatic carbocycles. The second kappa shape index (κ2) is 6.54. The number of aromatic nitrogens is 1. The van der Waals surface area contributed by atoms with Crippen molar-refractivity contribution in [1.82, 2.24) is 15.6 Å². The van der Waals surface area contributed by atoms with Crippen molar-refractivity contribution >= 4 is 5.91 Å². The van der Waals surface area contributed by atoms with Crippen molar-refractivity contribution in [2.75, 3.05) is 7.05 Å². The van der Waals surface area contributed by atoms with Crippen LogP contribution in [0.5, 0.6) is 0 Å². The molecule has 1 amide bonds. The van der Waals surface area contributed by atoms with E-state index in [-0.39, 0.29) is 11.9 Å². The summed E-state index contributed by atoms with van der Waals surface area (Å²) in [6.07, 6.45) is 8.60. The van der Waals surface area contributed by atoms with Crippen LogP contribution >= 0.6 is 0 Å². The lowest BCUT2D eigenvalue weighted by Crippen LogP contribution is -2.34. The van der Waals surface area contributed by atoms with Crippen LogP contribution in [0.4, 0.5) is 0 Å². The lowest BCUT2D eigenvalue weighted by Gasteiger charge is -2.14. The normalized spacial score (nSPS) is 17.4. The van der Waals surface area contributed by atoms with Gasteiger partial charge in [0.15, 0.2) is 0 Å². The summed E-state index contributed by atoms with van der Waals surface area (Å²) < 4.78 is 5.37. The average Bonchev–Trinajstić information content (AvgIpc) is 2.67. The molecule has 18 heavy (non-hydrogen) atoms. The Hall–Kier alpha value is -1.36. The summed E-state index contributed by atoms with van der Waals surface area (Å²) in [4.78, 5) is 16.0. The summed E-state index contributed by atoms with van der Waals surface area (Å²) in [5.41, 5.74) is 0. The Labute approximate surface area is 107 Å². The van der Waals surface area contributed by atoms with Crippen molar-refractivity contribution in [2.24, 2.45) is 0 Å². The molecule has 0 radical (unpaired) electrons. The summed E-state index contributed by atoms with van der Waals surface area (Å²) in [5.74, 6) is 0.713. The van der Waals surface area contributed by atoms with Gasteiger partial charge in [-0.15, -0.1) is 0 Å². The van der Waals surface area contributed by atoms with Crippen molar-refractivity contribution in [2.45, 2.75) is 51.1 Å². The number of amides is 1. The van der Waals surface area contributed by atoms with Gasteiger partial charge in [0, 0.05) is 6.04 Å². The van der Waals surface area contributed by atoms with E-state index < -0.39 is 0 Å². The van der Waals surface area contributed by atoms with Gasteiger partial charge in [-0.25, -0.2) is 4.98 Å². The van der Waals surface area contributed by atoms with Crippen molar-refractivity contribution in [1.29, 1.82) is 0 Å². The van der Waals surface area contributed by atoms with Gasteiger partial charge < -0.3 is 15.1 Å². The zero-order valence-electron chi connectivity index (χ0n) is 10.9. The number of oxazole rings is 1. The molecular weight excluding hydrogens is 230 g/mol. The number of rotatable bonds is 4. The molecule has 2 N–H and O–H groups in total. The molecule has 5 heteroatoms. The third-order valence-electron chi connectivity index (χ3n) is 3.30. The van der Waals surface area contributed by atoms with Crippen LogP contribution in [-0.4, -0.2) is 24.0 Å². The van der Waals surface area contributed by atoms with Gasteiger partial charge >= 0.3 is 0 Å². The molecule has 1 fully saturated rings. The molecule has 5 nitrogen and oxygen atoms in total. The highest BCUT2D eigenvalue weighted by molar-refractivity contribution is 5.91. The van der Waals surface area contributed by atoms with E-state index in [4.69, 9.17) is 4.42 Å². The summed E-state index contributed by atoms with van der Waals surface area (Å²) in [7, 11) is 1.81. The number of nitrogens with one attached hydrogen (secondary N) is 2. The fraction of sp³-hybridized carbons (Fsp3) is 0.692. The number of hydrogen-bond acceptors (Lipinski definition) is 4. The first-order valence-electron chi connectivity index (χ1n) is 6.70. The van der Waals surface area contributed by atoms with Crippen molar-refractivity contribution in [3.05, 3.63) is 17.8 Å². The molecule has 1 aromatic heterocycles. The quantitative estimate of drug-likeness (QED) is 0.801. The predicted octanol–water partition coefficient (Wildman–Crippen LogP) is 1.85. The van der Waals surface area contributed by atoms with E-state index in [1.54, 1.807) is 0 Å². The summed E-state index contributed by atoms with van der Waals surface area (Å²) >= 11 is 0. The first-order valence-corrected chi connectivity index (χ1v) is 6.70. The molecule has 0 saturated heterocycles. The molecule has 0 unspecified atom stereocenters. The van der Waals surface area contributed by atoms with Gasteiger partial charge in [-0.1, -0.05) is 25.7 Å². The van der Waals surface area contributed by atoms with E-state index in [0.29, 0.717) is 18.2 Å². The summed E-state index contributed by atoms with van der Waals surface area (Å²) in [5, 5.41) is 5.98. The highest BCUT2D eigenvalue weighted by Gasteiger charge is 2.18. The number of carbonyl (C=O) groups excluding carboxylic acids is 1. The van der Waals surface area contributed by atoms with Gasteiger partial charge in [0.2, 0.25) is 11.7 Å². The summed E-state index contributed by atoms with van der Waals surface area (Å²) in [6, 6.07) is 0.290. The van der Waals surface area contributed by atoms with E-state index in [9.17, 15) is 4.79 Å². The molecular formula is C13H21N3O2. The van der Waals surface area contributed by atoms with E-state index >= 15 is 0 Å². The number of hydrogen-bond donors (Lipinski definition) is 2. The molecule has 1 heterocycles. The molecule has 1 saturated carbocycles. The molecule has 100 valence electrons. The molecule has 1 aliphatic carbocycles. The maximum atomic E-state index is 12.0. The molecule has 0 spiro atoms. The van der Waals surface area contributed by atoms with E-state index in [2.05, 4.69) is 15.6 Å². The first-order chi connectivity index (χ1) is 8.79. The predicted molar refractivity (Wildman–Crippen MR) is 68.2 cm³/mol. The second-order valence-corrected chi connectivity index (χ2v) is 4.81. The van der Waals surface area contributed by atoms with Crippen LogP contribution < -0.4 is 10.6 Å². The SMILES string of the molecule is CNCc1ncc(C(=O)NC2CCCCCC2)o1. The first kappa shape index (κ1) is 13.1. The summed E-state index contributed by atoms with van der Waals surface area (Å²) in [6.45, 7) is 0.538. The van der Waals surface area contributed by atoms with Crippen LogP contribution in [0.25, 0.3) is 0 Å². The Bertz CT molecular complexity index is 381. The van der Waals surface area contributed by atoms with Gasteiger partial charge in [0.1, 0.15) is 0 Å². The van der Waals surface area contributed by atoms with Crippen LogP contribution in [-0.2, 0) is 6.54 Å². The van der Waals surface area contributed by atoms with Crippen LogP contribution in [0.15, 0.2) is 10.6 Å². The largest absolute Gasteiger partial charge is 0.434 e. The zero-order valence-corrected chi connectivity index (χ0v) is 10.9. The smallest absolute Gasteiger partial charge is 0.288 e. The number of nitrogens with zero attached hydrogens (tertiary/aromatic N) is 1. The minimum absolute atomic E-state index is 0.142. The maximum absolute atomic E-state index is 12.0. The van der Waals surface area contributed by atoms with Gasteiger partial charge in [-0.05, 0) is 19.9 Å². The van der Waals surface area contributed by atoms with Crippen molar-refractivity contribution < 1.29 is 9.21 Å². The molecule has 0 bridgehead atoms. The average molecular weight is 251 g/mol. The topological polar surface area (TPSA) is 67.2 Å². The van der Waals surface area contributed by atoms with Gasteiger partial charge in [-0.3, -0.25) is 4.79 Å². The molecule has 1 aliphatic rings. The Morgan fingerprint density at radius 3 is 2.78 bits per heavy atom. The molecule has 0 atom stereocenters. The van der Waals surface area contributed by atoms with E-state index in [1.807, 2.05) is 7.05 Å². The van der Waals surface area contributed by atoms with Crippen molar-refractivity contribution in [3.8, 4) is 0 Å². The Balaban J connectivity index is 1.89. The van der Waals surface area contributed by atoms with Gasteiger partial charge in [-0.2, -0.15) is 0 Å². The van der Waals surface area contributed by atoms with Gasteiger partial charge in [0.05, 0.1) is 12.7 Å². The van der Waals surface area contributed by atoms with E-state index in [1.165, 1.54) is 31.9 Å². The molecule has 1 aromatic rings. The van der Waals surface area contributed by atoms with Crippen LogP contribution in [0.2, 0.25) is 0 Å². The highest BCUT2D eigenvalue weighted by Crippen LogP contribution is 2.17. The molecule has 2 rings (SSSR count). The zero-order chi connectivity index (χ0) is 12.8. The minimum Gasteiger partial charge on any atom is -0.434 e. The fourth-order valence-corrected chi connectivity index (χ4v) is 2.33. The maximum Gasteiger partial charge on any atom is 0.288 e. The fourth-order valence-electron chi connectivity index (χ4n) is 2.33. The molecule has 0 aliphatic heterocycles. The third-order valence-corrected chi connectivity index (χ3v) is 3.30. The Morgan fingerprint density at radius 2 is 2.11 bits per heavy atom. The minimum atomic E-state index is -0.142. The van der Waals surface area contributed by atoms with E-state index in [0.717, 1.165) is 12.8 Å². The third kappa shape index (κ3) is 3.57.